The molecule has 0 saturated carbocycles. The number of amides is 2. The first-order valence-corrected chi connectivity index (χ1v) is 10.8. The second-order valence-electron chi connectivity index (χ2n) is 7.70. The summed E-state index contributed by atoms with van der Waals surface area (Å²) in [7, 11) is 1.60. The van der Waals surface area contributed by atoms with E-state index in [9.17, 15) is 9.59 Å². The van der Waals surface area contributed by atoms with Crippen LogP contribution in [0.5, 0.6) is 0 Å². The van der Waals surface area contributed by atoms with Gasteiger partial charge in [-0.15, -0.1) is 0 Å². The fraction of sp³-hybridized carbons (Fsp3) is 0.160. The number of nitrogens with zero attached hydrogens (tertiary/aromatic N) is 3. The Morgan fingerprint density at radius 1 is 1.06 bits per heavy atom. The van der Waals surface area contributed by atoms with E-state index in [1.165, 1.54) is 0 Å². The lowest BCUT2D eigenvalue weighted by Crippen LogP contribution is -2.17. The van der Waals surface area contributed by atoms with Gasteiger partial charge in [-0.3, -0.25) is 14.6 Å². The molecule has 9 nitrogen and oxygen atoms in total. The Hall–Kier alpha value is -4.53. The highest BCUT2D eigenvalue weighted by atomic mass is 16.2. The van der Waals surface area contributed by atoms with E-state index >= 15 is 0 Å². The maximum absolute atomic E-state index is 12.3. The molecule has 34 heavy (non-hydrogen) atoms. The number of hydrazone groups is 1. The fourth-order valence-electron chi connectivity index (χ4n) is 3.70. The van der Waals surface area contributed by atoms with Crippen molar-refractivity contribution in [2.75, 3.05) is 12.4 Å². The summed E-state index contributed by atoms with van der Waals surface area (Å²) in [5, 5.41) is 10.2. The number of fused-ring (bicyclic) bond motifs is 1. The third kappa shape index (κ3) is 4.36. The lowest BCUT2D eigenvalue weighted by molar-refractivity contribution is -0.115. The number of pyridine rings is 2. The first-order chi connectivity index (χ1) is 16.4. The Bertz CT molecular complexity index is 1400. The first-order valence-electron chi connectivity index (χ1n) is 10.8. The van der Waals surface area contributed by atoms with Gasteiger partial charge in [0.2, 0.25) is 5.91 Å². The van der Waals surface area contributed by atoms with Crippen molar-refractivity contribution >= 4 is 34.2 Å². The van der Waals surface area contributed by atoms with Gasteiger partial charge in [-0.1, -0.05) is 13.0 Å². The van der Waals surface area contributed by atoms with Gasteiger partial charge >= 0.3 is 0 Å². The summed E-state index contributed by atoms with van der Waals surface area (Å²) in [6, 6.07) is 12.9. The van der Waals surface area contributed by atoms with Crippen LogP contribution in [-0.4, -0.2) is 39.5 Å². The average Bonchev–Trinajstić information content (AvgIpc) is 3.29. The number of carbonyl (C=O) groups excluding carboxylic acids is 2. The number of aryl methyl sites for hydroxylation is 1. The molecule has 0 aliphatic carbocycles. The summed E-state index contributed by atoms with van der Waals surface area (Å²) in [5.41, 5.74) is 5.70. The molecule has 0 aliphatic heterocycles. The molecule has 0 bridgehead atoms. The Kier molecular flexibility index (Phi) is 6.35. The second-order valence-corrected chi connectivity index (χ2v) is 7.70. The number of hydrogen-bond donors (Lipinski definition) is 4. The van der Waals surface area contributed by atoms with Crippen LogP contribution >= 0.6 is 0 Å². The Morgan fingerprint density at radius 2 is 1.85 bits per heavy atom. The molecule has 3 heterocycles. The van der Waals surface area contributed by atoms with Crippen molar-refractivity contribution in [3.8, 4) is 11.1 Å². The number of anilines is 1. The second kappa shape index (κ2) is 9.53. The molecule has 0 unspecified atom stereocenters. The van der Waals surface area contributed by atoms with Crippen LogP contribution in [0.25, 0.3) is 22.0 Å². The van der Waals surface area contributed by atoms with Crippen molar-refractivity contribution < 1.29 is 9.59 Å². The summed E-state index contributed by atoms with van der Waals surface area (Å²) < 4.78 is 0. The molecule has 0 spiro atoms. The number of benzene rings is 1. The van der Waals surface area contributed by atoms with E-state index in [4.69, 9.17) is 5.84 Å². The predicted octanol–water partition coefficient (Wildman–Crippen LogP) is 3.35. The first kappa shape index (κ1) is 22.7. The number of rotatable bonds is 6. The molecule has 0 atom stereocenters. The maximum Gasteiger partial charge on any atom is 0.251 e. The summed E-state index contributed by atoms with van der Waals surface area (Å²) in [6.07, 6.45) is 3.82. The van der Waals surface area contributed by atoms with Gasteiger partial charge in [0.25, 0.3) is 5.91 Å². The molecule has 0 radical (unpaired) electrons. The quantitative estimate of drug-likeness (QED) is 0.201. The number of nitrogens with two attached hydrogens (primary N) is 1. The number of H-pyrrole nitrogens is 1. The van der Waals surface area contributed by atoms with E-state index in [2.05, 4.69) is 30.7 Å². The van der Waals surface area contributed by atoms with Gasteiger partial charge in [-0.05, 0) is 43.3 Å². The van der Waals surface area contributed by atoms with Crippen molar-refractivity contribution in [3.63, 3.8) is 0 Å². The van der Waals surface area contributed by atoms with Crippen LogP contribution in [0, 0.1) is 6.92 Å². The fourth-order valence-corrected chi connectivity index (χ4v) is 3.70. The molecule has 0 fully saturated rings. The molecule has 1 aromatic carbocycles. The standard InChI is InChI=1S/C25H25N7O2/c1-4-23(33)31-22-9-8-15(12-29-22)16-10-18(14(2)28-13-16)24(32-26)21-11-19-17(25(34)27-3)6-5-7-20(19)30-21/h5-13,30H,4,26H2,1-3H3,(H,27,34)(H,29,31,33)/b32-24+. The molecule has 4 rings (SSSR count). The highest BCUT2D eigenvalue weighted by Gasteiger charge is 2.17. The molecular weight excluding hydrogens is 430 g/mol. The van der Waals surface area contributed by atoms with Crippen LogP contribution in [0.1, 0.15) is 40.7 Å². The van der Waals surface area contributed by atoms with E-state index in [1.54, 1.807) is 38.5 Å². The summed E-state index contributed by atoms with van der Waals surface area (Å²) in [5.74, 6) is 6.05. The van der Waals surface area contributed by atoms with Gasteiger partial charge in [0.05, 0.1) is 5.69 Å². The number of aromatic nitrogens is 3. The number of carbonyl (C=O) groups is 2. The van der Waals surface area contributed by atoms with E-state index in [0.29, 0.717) is 29.2 Å². The lowest BCUT2D eigenvalue weighted by Gasteiger charge is -2.10. The third-order valence-corrected chi connectivity index (χ3v) is 5.55. The van der Waals surface area contributed by atoms with E-state index in [0.717, 1.165) is 33.3 Å². The van der Waals surface area contributed by atoms with Crippen molar-refractivity contribution in [1.29, 1.82) is 0 Å². The molecule has 172 valence electrons. The monoisotopic (exact) mass is 455 g/mol. The van der Waals surface area contributed by atoms with Gasteiger partial charge in [-0.2, -0.15) is 5.10 Å². The van der Waals surface area contributed by atoms with Gasteiger partial charge < -0.3 is 21.5 Å². The van der Waals surface area contributed by atoms with E-state index < -0.39 is 0 Å². The Balaban J connectivity index is 1.72. The SMILES string of the molecule is CCC(=O)Nc1ccc(-c2cnc(C)c(/C(=N\N)c3cc4c(C(=O)NC)cccc4[nH]3)c2)cn1. The normalized spacial score (nSPS) is 11.4. The number of hydrogen-bond acceptors (Lipinski definition) is 6. The van der Waals surface area contributed by atoms with Crippen molar-refractivity contribution in [2.45, 2.75) is 20.3 Å². The van der Waals surface area contributed by atoms with Gasteiger partial charge in [0.1, 0.15) is 11.5 Å². The van der Waals surface area contributed by atoms with Crippen molar-refractivity contribution in [3.05, 3.63) is 77.4 Å². The van der Waals surface area contributed by atoms with E-state index in [1.807, 2.05) is 37.3 Å². The highest BCUT2D eigenvalue weighted by molar-refractivity contribution is 6.16. The van der Waals surface area contributed by atoms with Gasteiger partial charge in [0, 0.05) is 64.7 Å². The molecule has 0 saturated heterocycles. The minimum atomic E-state index is -0.173. The van der Waals surface area contributed by atoms with Crippen LogP contribution in [0.15, 0.2) is 60.0 Å². The van der Waals surface area contributed by atoms with Gasteiger partial charge in [-0.25, -0.2) is 4.98 Å². The minimum absolute atomic E-state index is 0.0961. The van der Waals surface area contributed by atoms with E-state index in [-0.39, 0.29) is 11.8 Å². The molecule has 3 aromatic heterocycles. The average molecular weight is 456 g/mol. The molecular formula is C25H25N7O2. The van der Waals surface area contributed by atoms with Crippen LogP contribution in [0.2, 0.25) is 0 Å². The van der Waals surface area contributed by atoms with Crippen LogP contribution in [0.3, 0.4) is 0 Å². The lowest BCUT2D eigenvalue weighted by atomic mass is 10.0. The largest absolute Gasteiger partial charge is 0.355 e. The molecule has 4 aromatic rings. The molecule has 2 amide bonds. The zero-order chi connectivity index (χ0) is 24.2. The zero-order valence-electron chi connectivity index (χ0n) is 19.1. The Morgan fingerprint density at radius 3 is 2.53 bits per heavy atom. The molecule has 9 heteroatoms. The van der Waals surface area contributed by atoms with Crippen LogP contribution in [-0.2, 0) is 4.79 Å². The van der Waals surface area contributed by atoms with Crippen molar-refractivity contribution in [1.82, 2.24) is 20.3 Å². The summed E-state index contributed by atoms with van der Waals surface area (Å²) >= 11 is 0. The topological polar surface area (TPSA) is 138 Å². The van der Waals surface area contributed by atoms with Crippen LogP contribution < -0.4 is 16.5 Å². The van der Waals surface area contributed by atoms with Gasteiger partial charge in [0.15, 0.2) is 0 Å². The molecule has 0 aliphatic rings. The summed E-state index contributed by atoms with van der Waals surface area (Å²) in [4.78, 5) is 36.0. The third-order valence-electron chi connectivity index (χ3n) is 5.55. The number of nitrogens with one attached hydrogen (secondary N) is 3. The van der Waals surface area contributed by atoms with Crippen LogP contribution in [0.4, 0.5) is 5.82 Å². The summed E-state index contributed by atoms with van der Waals surface area (Å²) in [6.45, 7) is 3.66. The van der Waals surface area contributed by atoms with Crippen molar-refractivity contribution in [2.24, 2.45) is 10.9 Å². The number of aromatic amines is 1. The maximum atomic E-state index is 12.3. The Labute approximate surface area is 196 Å². The predicted molar refractivity (Wildman–Crippen MR) is 133 cm³/mol. The zero-order valence-corrected chi connectivity index (χ0v) is 19.1. The highest BCUT2D eigenvalue weighted by Crippen LogP contribution is 2.26. The molecule has 5 N–H and O–H groups in total. The minimum Gasteiger partial charge on any atom is -0.355 e. The smallest absolute Gasteiger partial charge is 0.251 e.